The number of unbranched alkanes of at least 4 members (excludes halogenated alkanes) is 1. The first kappa shape index (κ1) is 24.4. The molecule has 4 nitrogen and oxygen atoms in total. The van der Waals surface area contributed by atoms with Gasteiger partial charge in [0.2, 0.25) is 5.91 Å². The van der Waals surface area contributed by atoms with Crippen molar-refractivity contribution in [2.75, 3.05) is 7.11 Å². The normalized spacial score (nSPS) is 12.0. The molecule has 1 N–H and O–H groups in total. The van der Waals surface area contributed by atoms with Crippen LogP contribution >= 0.6 is 34.8 Å². The SMILES string of the molecule is COC(=O)[C@H](CCC#CC=C(Cl)Cl)[C@@H](CCCC#C/C=C/Cl)NC(C)=O. The molecule has 0 aromatic carbocycles. The van der Waals surface area contributed by atoms with Crippen LogP contribution in [0.1, 0.15) is 39.0 Å². The van der Waals surface area contributed by atoms with Gasteiger partial charge in [-0.3, -0.25) is 9.59 Å². The van der Waals surface area contributed by atoms with E-state index in [4.69, 9.17) is 39.5 Å². The van der Waals surface area contributed by atoms with E-state index in [0.29, 0.717) is 25.7 Å². The van der Waals surface area contributed by atoms with E-state index in [1.807, 2.05) is 0 Å². The third kappa shape index (κ3) is 12.7. The van der Waals surface area contributed by atoms with Gasteiger partial charge in [0.25, 0.3) is 0 Å². The Balaban J connectivity index is 4.95. The molecule has 0 fully saturated rings. The van der Waals surface area contributed by atoms with E-state index in [9.17, 15) is 9.59 Å². The third-order valence-electron chi connectivity index (χ3n) is 3.31. The quantitative estimate of drug-likeness (QED) is 0.363. The highest BCUT2D eigenvalue weighted by Gasteiger charge is 2.29. The Hall–Kier alpha value is -1.59. The van der Waals surface area contributed by atoms with Crippen molar-refractivity contribution in [2.45, 2.75) is 45.1 Å². The average molecular weight is 419 g/mol. The molecular formula is C19H22Cl3NO3. The molecule has 0 aliphatic rings. The number of halogens is 3. The fraction of sp³-hybridized carbons (Fsp3) is 0.474. The first-order valence-electron chi connectivity index (χ1n) is 8.00. The fourth-order valence-electron chi connectivity index (χ4n) is 2.25. The first-order valence-corrected chi connectivity index (χ1v) is 9.19. The van der Waals surface area contributed by atoms with Gasteiger partial charge >= 0.3 is 5.97 Å². The number of allylic oxidation sites excluding steroid dienone is 2. The van der Waals surface area contributed by atoms with E-state index in [0.717, 1.165) is 6.42 Å². The van der Waals surface area contributed by atoms with Crippen LogP contribution in [-0.2, 0) is 14.3 Å². The number of nitrogens with one attached hydrogen (secondary N) is 1. The van der Waals surface area contributed by atoms with Crippen molar-refractivity contribution in [2.24, 2.45) is 5.92 Å². The second-order valence-corrected chi connectivity index (χ2v) is 6.50. The topological polar surface area (TPSA) is 55.4 Å². The zero-order valence-corrected chi connectivity index (χ0v) is 17.0. The molecular weight excluding hydrogens is 397 g/mol. The van der Waals surface area contributed by atoms with Gasteiger partial charge in [-0.1, -0.05) is 58.5 Å². The minimum atomic E-state index is -0.496. The molecule has 0 rings (SSSR count). The molecule has 0 radical (unpaired) electrons. The molecule has 0 aliphatic carbocycles. The number of methoxy groups -OCH3 is 1. The smallest absolute Gasteiger partial charge is 0.310 e. The number of rotatable bonds is 8. The lowest BCUT2D eigenvalue weighted by Crippen LogP contribution is -2.43. The summed E-state index contributed by atoms with van der Waals surface area (Å²) in [5, 5.41) is 2.83. The Kier molecular flexibility index (Phi) is 14.7. The van der Waals surface area contributed by atoms with Crippen LogP contribution in [0.25, 0.3) is 0 Å². The number of esters is 1. The fourth-order valence-corrected chi connectivity index (χ4v) is 2.42. The van der Waals surface area contributed by atoms with Crippen LogP contribution in [0.3, 0.4) is 0 Å². The standard InChI is InChI=1S/C19H22Cl3NO3/c1-15(24)23-17(12-8-4-3-5-10-14-20)16(19(25)26-2)11-7-6-9-13-18(21)22/h10,13-14,16-17H,4,7-8,11-12H2,1-2H3,(H,23,24)/b14-10+/t16-,17-/m1/s1. The molecule has 1 amide bonds. The monoisotopic (exact) mass is 417 g/mol. The first-order chi connectivity index (χ1) is 12.4. The molecule has 26 heavy (non-hydrogen) atoms. The molecule has 142 valence electrons. The molecule has 0 aliphatic heterocycles. The van der Waals surface area contributed by atoms with E-state index >= 15 is 0 Å². The van der Waals surface area contributed by atoms with E-state index in [-0.39, 0.29) is 22.4 Å². The van der Waals surface area contributed by atoms with Crippen molar-refractivity contribution < 1.29 is 14.3 Å². The van der Waals surface area contributed by atoms with Crippen LogP contribution in [0.15, 0.2) is 22.2 Å². The van der Waals surface area contributed by atoms with Gasteiger partial charge in [0.1, 0.15) is 4.49 Å². The van der Waals surface area contributed by atoms with E-state index in [2.05, 4.69) is 29.0 Å². The van der Waals surface area contributed by atoms with Gasteiger partial charge in [0.05, 0.1) is 13.0 Å². The van der Waals surface area contributed by atoms with E-state index in [1.54, 1.807) is 6.08 Å². The predicted molar refractivity (Wildman–Crippen MR) is 107 cm³/mol. The Morgan fingerprint density at radius 2 is 1.85 bits per heavy atom. The zero-order chi connectivity index (χ0) is 19.8. The second-order valence-electron chi connectivity index (χ2n) is 5.24. The lowest BCUT2D eigenvalue weighted by molar-refractivity contribution is -0.147. The van der Waals surface area contributed by atoms with Gasteiger partial charge in [-0.2, -0.15) is 0 Å². The van der Waals surface area contributed by atoms with Gasteiger partial charge < -0.3 is 10.1 Å². The highest BCUT2D eigenvalue weighted by molar-refractivity contribution is 6.56. The van der Waals surface area contributed by atoms with Crippen molar-refractivity contribution in [3.05, 3.63) is 22.2 Å². The number of ether oxygens (including phenoxy) is 1. The summed E-state index contributed by atoms with van der Waals surface area (Å²) in [6.07, 6.45) is 5.74. The molecule has 7 heteroatoms. The number of carbonyl (C=O) groups excluding carboxylic acids is 2. The van der Waals surface area contributed by atoms with Crippen LogP contribution in [-0.4, -0.2) is 25.0 Å². The molecule has 0 spiro atoms. The number of carbonyl (C=O) groups is 2. The van der Waals surface area contributed by atoms with Crippen LogP contribution in [0.5, 0.6) is 0 Å². The highest BCUT2D eigenvalue weighted by Crippen LogP contribution is 2.18. The van der Waals surface area contributed by atoms with Crippen molar-refractivity contribution in [3.8, 4) is 23.7 Å². The number of hydrogen-bond acceptors (Lipinski definition) is 3. The summed E-state index contributed by atoms with van der Waals surface area (Å²) in [5.41, 5.74) is 1.34. The summed E-state index contributed by atoms with van der Waals surface area (Å²) in [4.78, 5) is 23.7. The molecule has 0 heterocycles. The van der Waals surface area contributed by atoms with Gasteiger partial charge in [0.15, 0.2) is 0 Å². The summed E-state index contributed by atoms with van der Waals surface area (Å²) in [7, 11) is 1.33. The zero-order valence-electron chi connectivity index (χ0n) is 14.8. The summed E-state index contributed by atoms with van der Waals surface area (Å²) in [6.45, 7) is 1.42. The molecule has 0 unspecified atom stereocenters. The van der Waals surface area contributed by atoms with Crippen molar-refractivity contribution in [1.82, 2.24) is 5.32 Å². The Bertz CT molecular complexity index is 632. The number of hydrogen-bond donors (Lipinski definition) is 1. The predicted octanol–water partition coefficient (Wildman–Crippen LogP) is 4.31. The van der Waals surface area contributed by atoms with Crippen LogP contribution in [0.2, 0.25) is 0 Å². The summed E-state index contributed by atoms with van der Waals surface area (Å²) >= 11 is 16.4. The lowest BCUT2D eigenvalue weighted by atomic mass is 9.90. The third-order valence-corrected chi connectivity index (χ3v) is 3.65. The maximum absolute atomic E-state index is 12.2. The Labute approximate surface area is 170 Å². The Morgan fingerprint density at radius 3 is 2.42 bits per heavy atom. The lowest BCUT2D eigenvalue weighted by Gasteiger charge is -2.25. The van der Waals surface area contributed by atoms with Gasteiger partial charge in [-0.15, -0.1) is 0 Å². The summed E-state index contributed by atoms with van der Waals surface area (Å²) in [6, 6.07) is -0.348. The van der Waals surface area contributed by atoms with Crippen molar-refractivity contribution >= 4 is 46.7 Å². The maximum atomic E-state index is 12.2. The van der Waals surface area contributed by atoms with Gasteiger partial charge in [-0.25, -0.2) is 0 Å². The van der Waals surface area contributed by atoms with Crippen LogP contribution < -0.4 is 5.32 Å². The largest absolute Gasteiger partial charge is 0.469 e. The summed E-state index contributed by atoms with van der Waals surface area (Å²) in [5.74, 6) is 10.2. The van der Waals surface area contributed by atoms with Crippen LogP contribution in [0.4, 0.5) is 0 Å². The number of amides is 1. The Morgan fingerprint density at radius 1 is 1.15 bits per heavy atom. The molecule has 0 bridgehead atoms. The van der Waals surface area contributed by atoms with Gasteiger partial charge in [0, 0.05) is 37.4 Å². The molecule has 0 saturated heterocycles. The molecule has 0 saturated carbocycles. The summed E-state index contributed by atoms with van der Waals surface area (Å²) < 4.78 is 4.96. The minimum absolute atomic E-state index is 0.0725. The minimum Gasteiger partial charge on any atom is -0.469 e. The van der Waals surface area contributed by atoms with Crippen LogP contribution in [0, 0.1) is 29.6 Å². The second kappa shape index (κ2) is 15.6. The van der Waals surface area contributed by atoms with E-state index < -0.39 is 5.92 Å². The molecule has 0 aromatic rings. The molecule has 0 aromatic heterocycles. The average Bonchev–Trinajstić information content (AvgIpc) is 2.59. The van der Waals surface area contributed by atoms with Crippen molar-refractivity contribution in [1.29, 1.82) is 0 Å². The highest BCUT2D eigenvalue weighted by atomic mass is 35.5. The van der Waals surface area contributed by atoms with E-state index in [1.165, 1.54) is 25.6 Å². The van der Waals surface area contributed by atoms with Crippen molar-refractivity contribution in [3.63, 3.8) is 0 Å². The van der Waals surface area contributed by atoms with Gasteiger partial charge in [-0.05, 0) is 25.3 Å². The molecule has 2 atom stereocenters. The maximum Gasteiger partial charge on any atom is 0.310 e.